The van der Waals surface area contributed by atoms with Crippen molar-refractivity contribution in [2.75, 3.05) is 26.4 Å². The smallest absolute Gasteiger partial charge is 0.109 e. The van der Waals surface area contributed by atoms with Gasteiger partial charge in [0, 0.05) is 14.3 Å². The van der Waals surface area contributed by atoms with E-state index in [-0.39, 0.29) is 19.8 Å². The molecule has 0 aromatic rings. The van der Waals surface area contributed by atoms with E-state index in [4.69, 9.17) is 27.4 Å². The number of rotatable bonds is 10. The van der Waals surface area contributed by atoms with Crippen molar-refractivity contribution >= 4 is 14.9 Å². The lowest BCUT2D eigenvalue weighted by molar-refractivity contribution is -0.172. The maximum atomic E-state index is 9.26. The van der Waals surface area contributed by atoms with Gasteiger partial charge in [-0.25, -0.2) is 0 Å². The molecule has 1 atom stereocenters. The van der Waals surface area contributed by atoms with Crippen LogP contribution >= 0.6 is 0 Å². The Bertz CT molecular complexity index is 188. The highest BCUT2D eigenvalue weighted by Crippen LogP contribution is 2.19. The first-order valence-electron chi connectivity index (χ1n) is 5.67. The molecule has 0 saturated heterocycles. The van der Waals surface area contributed by atoms with Gasteiger partial charge < -0.3 is 24.8 Å². The molecular weight excluding hydrogens is 222 g/mol. The molecule has 0 bridgehead atoms. The van der Waals surface area contributed by atoms with Gasteiger partial charge in [-0.2, -0.15) is 0 Å². The third-order valence-electron chi connectivity index (χ3n) is 2.46. The van der Waals surface area contributed by atoms with Crippen molar-refractivity contribution < 1.29 is 24.8 Å². The molecule has 0 rings (SSSR count). The number of aliphatic hydroxyl groups is 3. The Labute approximate surface area is 105 Å². The number of hydrogen-bond donors (Lipinski definition) is 3. The van der Waals surface area contributed by atoms with Crippen molar-refractivity contribution in [2.24, 2.45) is 0 Å². The van der Waals surface area contributed by atoms with Crippen LogP contribution in [0.3, 0.4) is 0 Å². The predicted molar refractivity (Wildman–Crippen MR) is 66.3 cm³/mol. The lowest BCUT2D eigenvalue weighted by Crippen LogP contribution is -2.46. The van der Waals surface area contributed by atoms with Crippen molar-refractivity contribution in [2.45, 2.75) is 38.0 Å². The number of hydrogen-bond acceptors (Lipinski definition) is 5. The molecule has 0 aromatic heterocycles. The molecule has 0 aliphatic heterocycles. The zero-order chi connectivity index (χ0) is 13.3. The largest absolute Gasteiger partial charge is 0.394 e. The van der Waals surface area contributed by atoms with Gasteiger partial charge in [-0.3, -0.25) is 0 Å². The fraction of sp³-hybridized carbons (Fsp3) is 1.00. The van der Waals surface area contributed by atoms with Gasteiger partial charge in [0.2, 0.25) is 0 Å². The molecule has 0 spiro atoms. The molecule has 17 heavy (non-hydrogen) atoms. The first-order valence-corrected chi connectivity index (χ1v) is 5.67. The van der Waals surface area contributed by atoms with E-state index in [9.17, 15) is 5.11 Å². The summed E-state index contributed by atoms with van der Waals surface area (Å²) in [5.74, 6) is 0. The summed E-state index contributed by atoms with van der Waals surface area (Å²) in [4.78, 5) is 0. The first-order chi connectivity index (χ1) is 8.01. The van der Waals surface area contributed by atoms with E-state index in [0.29, 0.717) is 12.9 Å². The van der Waals surface area contributed by atoms with E-state index in [0.717, 1.165) is 0 Å². The molecule has 0 aromatic carbocycles. The summed E-state index contributed by atoms with van der Waals surface area (Å²) in [6, 6.07) is 0. The highest BCUT2D eigenvalue weighted by Gasteiger charge is 2.32. The molecule has 7 heteroatoms. The summed E-state index contributed by atoms with van der Waals surface area (Å²) in [6.45, 7) is 3.11. The van der Waals surface area contributed by atoms with Gasteiger partial charge in [-0.15, -0.1) is 0 Å². The van der Waals surface area contributed by atoms with E-state index in [1.807, 2.05) is 0 Å². The second kappa shape index (κ2) is 8.94. The second-order valence-electron chi connectivity index (χ2n) is 4.27. The molecule has 0 heterocycles. The van der Waals surface area contributed by atoms with Crippen molar-refractivity contribution in [1.29, 1.82) is 0 Å². The molecule has 0 fully saturated rings. The Hall–Kier alpha value is -0.0701. The molecule has 0 aliphatic rings. The highest BCUT2D eigenvalue weighted by atomic mass is 16.6. The van der Waals surface area contributed by atoms with E-state index in [1.165, 1.54) is 7.17 Å². The highest BCUT2D eigenvalue weighted by molar-refractivity contribution is 6.89. The van der Waals surface area contributed by atoms with Crippen molar-refractivity contribution in [3.05, 3.63) is 0 Å². The van der Waals surface area contributed by atoms with Gasteiger partial charge in [0.15, 0.2) is 0 Å². The Morgan fingerprint density at radius 2 is 1.76 bits per heavy atom. The van der Waals surface area contributed by atoms with Crippen molar-refractivity contribution in [3.8, 4) is 0 Å². The van der Waals surface area contributed by atoms with Gasteiger partial charge in [-0.05, 0) is 13.8 Å². The molecule has 0 amide bonds. The zero-order valence-electron chi connectivity index (χ0n) is 10.5. The van der Waals surface area contributed by atoms with E-state index >= 15 is 0 Å². The van der Waals surface area contributed by atoms with Crippen LogP contribution in [-0.2, 0) is 9.47 Å². The van der Waals surface area contributed by atoms with Gasteiger partial charge in [0.05, 0.1) is 32.6 Å². The lowest BCUT2D eigenvalue weighted by Gasteiger charge is -2.35. The van der Waals surface area contributed by atoms with Crippen LogP contribution in [0.4, 0.5) is 0 Å². The third kappa shape index (κ3) is 6.43. The SMILES string of the molecule is [B][B]CCOC(C)(C)C(CO)OC(CO)CO. The fourth-order valence-corrected chi connectivity index (χ4v) is 1.29. The predicted octanol–water partition coefficient (Wildman–Crippen LogP) is -1.28. The van der Waals surface area contributed by atoms with Crippen LogP contribution in [0.1, 0.15) is 13.8 Å². The van der Waals surface area contributed by atoms with E-state index in [2.05, 4.69) is 0 Å². The first kappa shape index (κ1) is 16.9. The summed E-state index contributed by atoms with van der Waals surface area (Å²) in [5, 5.41) is 27.1. The van der Waals surface area contributed by atoms with Gasteiger partial charge >= 0.3 is 0 Å². The fourth-order valence-electron chi connectivity index (χ4n) is 1.29. The third-order valence-corrected chi connectivity index (χ3v) is 2.46. The monoisotopic (exact) mass is 243 g/mol. The molecule has 0 aliphatic carbocycles. The Kier molecular flexibility index (Phi) is 8.90. The van der Waals surface area contributed by atoms with Crippen LogP contribution in [-0.4, -0.2) is 74.5 Å². The quantitative estimate of drug-likeness (QED) is 0.329. The lowest BCUT2D eigenvalue weighted by atomic mass is 9.54. The molecular formula is C10H21B2O5. The molecule has 3 radical (unpaired) electrons. The Morgan fingerprint density at radius 1 is 1.18 bits per heavy atom. The standard InChI is InChI=1S/C10H21B2O5/c1-10(2,16-4-3-12-11)9(7-15)17-8(5-13)6-14/h8-9,13-15H,3-7H2,1-2H3. The summed E-state index contributed by atoms with van der Waals surface area (Å²) >= 11 is 0. The summed E-state index contributed by atoms with van der Waals surface area (Å²) in [6.07, 6.45) is -0.731. The van der Waals surface area contributed by atoms with Crippen LogP contribution in [0, 0.1) is 0 Å². The van der Waals surface area contributed by atoms with E-state index < -0.39 is 17.8 Å². The molecule has 5 nitrogen and oxygen atoms in total. The average Bonchev–Trinajstić information content (AvgIpc) is 2.30. The minimum Gasteiger partial charge on any atom is -0.394 e. The minimum absolute atomic E-state index is 0.254. The summed E-state index contributed by atoms with van der Waals surface area (Å²) in [7, 11) is 6.73. The molecule has 3 N–H and O–H groups in total. The van der Waals surface area contributed by atoms with Crippen LogP contribution in [0.15, 0.2) is 0 Å². The maximum Gasteiger partial charge on any atom is 0.109 e. The average molecular weight is 243 g/mol. The van der Waals surface area contributed by atoms with Crippen molar-refractivity contribution in [1.82, 2.24) is 0 Å². The van der Waals surface area contributed by atoms with Gasteiger partial charge in [0.25, 0.3) is 0 Å². The topological polar surface area (TPSA) is 79.2 Å². The van der Waals surface area contributed by atoms with E-state index in [1.54, 1.807) is 13.8 Å². The van der Waals surface area contributed by atoms with Crippen molar-refractivity contribution in [3.63, 3.8) is 0 Å². The van der Waals surface area contributed by atoms with Gasteiger partial charge in [-0.1, -0.05) is 6.32 Å². The normalized spacial score (nSPS) is 14.0. The Morgan fingerprint density at radius 3 is 2.18 bits per heavy atom. The molecule has 1 unspecified atom stereocenters. The zero-order valence-corrected chi connectivity index (χ0v) is 10.5. The van der Waals surface area contributed by atoms with Crippen LogP contribution < -0.4 is 0 Å². The minimum atomic E-state index is -0.722. The maximum absolute atomic E-state index is 9.26. The molecule has 97 valence electrons. The second-order valence-corrected chi connectivity index (χ2v) is 4.27. The summed E-state index contributed by atoms with van der Waals surface area (Å²) in [5.41, 5.74) is -0.722. The molecule has 0 saturated carbocycles. The Balaban J connectivity index is 4.29. The van der Waals surface area contributed by atoms with Crippen LogP contribution in [0.5, 0.6) is 0 Å². The van der Waals surface area contributed by atoms with Crippen LogP contribution in [0.2, 0.25) is 6.32 Å². The number of ether oxygens (including phenoxy) is 2. The number of aliphatic hydroxyl groups excluding tert-OH is 3. The summed E-state index contributed by atoms with van der Waals surface area (Å²) < 4.78 is 10.9. The van der Waals surface area contributed by atoms with Gasteiger partial charge in [0.1, 0.15) is 12.2 Å². The van der Waals surface area contributed by atoms with Crippen LogP contribution in [0.25, 0.3) is 0 Å².